The Morgan fingerprint density at radius 2 is 1.92 bits per heavy atom. The van der Waals surface area contributed by atoms with Gasteiger partial charge in [0, 0.05) is 12.6 Å². The van der Waals surface area contributed by atoms with Crippen molar-refractivity contribution in [2.75, 3.05) is 12.4 Å². The lowest BCUT2D eigenvalue weighted by Gasteiger charge is -2.16. The summed E-state index contributed by atoms with van der Waals surface area (Å²) in [6.07, 6.45) is 1.60. The molecule has 0 aliphatic heterocycles. The highest BCUT2D eigenvalue weighted by Crippen LogP contribution is 2.24. The summed E-state index contributed by atoms with van der Waals surface area (Å²) in [7, 11) is 1.79. The van der Waals surface area contributed by atoms with Gasteiger partial charge in [0.2, 0.25) is 0 Å². The number of ether oxygens (including phenoxy) is 1. The number of imidazole rings is 1. The van der Waals surface area contributed by atoms with Crippen molar-refractivity contribution in [2.24, 2.45) is 5.41 Å². The van der Waals surface area contributed by atoms with Gasteiger partial charge < -0.3 is 10.1 Å². The number of fused-ring (bicyclic) bond motifs is 1. The Labute approximate surface area is 146 Å². The molecule has 0 saturated carbocycles. The zero-order valence-corrected chi connectivity index (χ0v) is 14.8. The highest BCUT2D eigenvalue weighted by Gasteiger charge is 2.23. The number of nitrogens with zero attached hydrogens (tertiary/aromatic N) is 4. The standard InChI is InChI=1S/C18H21N5O2/c1-18(2,3)17(24)25-11-23-10-20-13-15(19-4)21-14(22-16(13)23)12-8-6-5-7-9-12/h5-10H,11H2,1-4H3,(H,19,21,22). The van der Waals surface area contributed by atoms with E-state index in [9.17, 15) is 4.79 Å². The van der Waals surface area contributed by atoms with Crippen molar-refractivity contribution in [3.05, 3.63) is 36.7 Å². The Morgan fingerprint density at radius 3 is 2.56 bits per heavy atom. The fourth-order valence-electron chi connectivity index (χ4n) is 2.27. The Bertz CT molecular complexity index is 897. The number of benzene rings is 1. The predicted molar refractivity (Wildman–Crippen MR) is 95.9 cm³/mol. The maximum absolute atomic E-state index is 12.0. The highest BCUT2D eigenvalue weighted by molar-refractivity contribution is 5.85. The summed E-state index contributed by atoms with van der Waals surface area (Å²) in [5.41, 5.74) is 1.59. The summed E-state index contributed by atoms with van der Waals surface area (Å²) in [6.45, 7) is 5.50. The largest absolute Gasteiger partial charge is 0.443 e. The molecule has 2 aromatic heterocycles. The van der Waals surface area contributed by atoms with E-state index in [1.807, 2.05) is 51.1 Å². The van der Waals surface area contributed by atoms with E-state index in [1.54, 1.807) is 17.9 Å². The van der Waals surface area contributed by atoms with Crippen LogP contribution in [0.3, 0.4) is 0 Å². The van der Waals surface area contributed by atoms with E-state index < -0.39 is 5.41 Å². The SMILES string of the molecule is CNc1nc(-c2ccccc2)nc2c1ncn2COC(=O)C(C)(C)C. The number of aromatic nitrogens is 4. The Balaban J connectivity index is 1.99. The first-order valence-corrected chi connectivity index (χ1v) is 8.03. The molecule has 0 bridgehead atoms. The lowest BCUT2D eigenvalue weighted by molar-refractivity contribution is -0.156. The van der Waals surface area contributed by atoms with Crippen LogP contribution < -0.4 is 5.32 Å². The normalized spacial score (nSPS) is 11.5. The van der Waals surface area contributed by atoms with Crippen molar-refractivity contribution in [3.63, 3.8) is 0 Å². The van der Waals surface area contributed by atoms with Crippen molar-refractivity contribution in [1.82, 2.24) is 19.5 Å². The number of carbonyl (C=O) groups is 1. The van der Waals surface area contributed by atoms with E-state index in [1.165, 1.54) is 0 Å². The average Bonchev–Trinajstić information content (AvgIpc) is 3.01. The van der Waals surface area contributed by atoms with Gasteiger partial charge in [0.15, 0.2) is 29.5 Å². The van der Waals surface area contributed by atoms with Gasteiger partial charge in [0.1, 0.15) is 0 Å². The molecule has 0 atom stereocenters. The molecule has 130 valence electrons. The summed E-state index contributed by atoms with van der Waals surface area (Å²) >= 11 is 0. The summed E-state index contributed by atoms with van der Waals surface area (Å²) in [5.74, 6) is 0.937. The van der Waals surface area contributed by atoms with Crippen molar-refractivity contribution in [2.45, 2.75) is 27.5 Å². The van der Waals surface area contributed by atoms with Crippen LogP contribution in [0.2, 0.25) is 0 Å². The van der Waals surface area contributed by atoms with Gasteiger partial charge in [-0.15, -0.1) is 0 Å². The van der Waals surface area contributed by atoms with Crippen LogP contribution in [-0.4, -0.2) is 32.5 Å². The monoisotopic (exact) mass is 339 g/mol. The second-order valence-corrected chi connectivity index (χ2v) is 6.71. The molecule has 1 aromatic carbocycles. The third-order valence-electron chi connectivity index (χ3n) is 3.68. The summed E-state index contributed by atoms with van der Waals surface area (Å²) < 4.78 is 7.08. The number of anilines is 1. The second kappa shape index (κ2) is 6.51. The quantitative estimate of drug-likeness (QED) is 0.736. The maximum Gasteiger partial charge on any atom is 0.312 e. The van der Waals surface area contributed by atoms with Crippen LogP contribution in [0.15, 0.2) is 36.7 Å². The summed E-state index contributed by atoms with van der Waals surface area (Å²) in [6, 6.07) is 9.70. The number of carbonyl (C=O) groups excluding carboxylic acids is 1. The number of esters is 1. The highest BCUT2D eigenvalue weighted by atomic mass is 16.5. The minimum absolute atomic E-state index is 0.0565. The molecule has 0 radical (unpaired) electrons. The van der Waals surface area contributed by atoms with Crippen molar-refractivity contribution in [1.29, 1.82) is 0 Å². The molecule has 0 fully saturated rings. The molecule has 25 heavy (non-hydrogen) atoms. The number of hydrogen-bond acceptors (Lipinski definition) is 6. The van der Waals surface area contributed by atoms with Gasteiger partial charge in [-0.3, -0.25) is 9.36 Å². The van der Waals surface area contributed by atoms with Crippen LogP contribution in [0.5, 0.6) is 0 Å². The Kier molecular flexibility index (Phi) is 4.39. The van der Waals surface area contributed by atoms with E-state index in [0.29, 0.717) is 22.8 Å². The third kappa shape index (κ3) is 3.45. The molecule has 3 aromatic rings. The Morgan fingerprint density at radius 1 is 1.20 bits per heavy atom. The first kappa shape index (κ1) is 16.9. The third-order valence-corrected chi connectivity index (χ3v) is 3.68. The lowest BCUT2D eigenvalue weighted by atomic mass is 9.98. The molecule has 0 aliphatic rings. The first-order chi connectivity index (χ1) is 11.9. The molecule has 7 heteroatoms. The predicted octanol–water partition coefficient (Wildman–Crippen LogP) is 3.08. The van der Waals surface area contributed by atoms with E-state index in [-0.39, 0.29) is 12.7 Å². The number of rotatable bonds is 4. The van der Waals surface area contributed by atoms with Gasteiger partial charge in [0.05, 0.1) is 11.7 Å². The number of hydrogen-bond donors (Lipinski definition) is 1. The van der Waals surface area contributed by atoms with E-state index in [4.69, 9.17) is 4.74 Å². The fourth-order valence-corrected chi connectivity index (χ4v) is 2.27. The molecule has 7 nitrogen and oxygen atoms in total. The molecular formula is C18H21N5O2. The molecule has 0 saturated heterocycles. The second-order valence-electron chi connectivity index (χ2n) is 6.71. The minimum atomic E-state index is -0.559. The topological polar surface area (TPSA) is 81.9 Å². The zero-order chi connectivity index (χ0) is 18.0. The summed E-state index contributed by atoms with van der Waals surface area (Å²) in [5, 5.41) is 3.05. The van der Waals surface area contributed by atoms with Crippen LogP contribution in [0, 0.1) is 5.41 Å². The molecule has 3 rings (SSSR count). The molecule has 0 amide bonds. The molecule has 1 N–H and O–H groups in total. The molecule has 0 aliphatic carbocycles. The van der Waals surface area contributed by atoms with Crippen LogP contribution in [0.4, 0.5) is 5.82 Å². The Hall–Kier alpha value is -2.96. The van der Waals surface area contributed by atoms with Crippen LogP contribution in [-0.2, 0) is 16.3 Å². The number of nitrogens with one attached hydrogen (secondary N) is 1. The van der Waals surface area contributed by atoms with Gasteiger partial charge >= 0.3 is 5.97 Å². The average molecular weight is 339 g/mol. The van der Waals surface area contributed by atoms with Crippen LogP contribution in [0.1, 0.15) is 20.8 Å². The van der Waals surface area contributed by atoms with E-state index in [0.717, 1.165) is 5.56 Å². The van der Waals surface area contributed by atoms with Gasteiger partial charge in [-0.25, -0.2) is 15.0 Å². The van der Waals surface area contributed by atoms with Gasteiger partial charge in [0.25, 0.3) is 0 Å². The zero-order valence-electron chi connectivity index (χ0n) is 14.8. The maximum atomic E-state index is 12.0. The summed E-state index contributed by atoms with van der Waals surface area (Å²) in [4.78, 5) is 25.5. The van der Waals surface area contributed by atoms with Crippen LogP contribution in [0.25, 0.3) is 22.6 Å². The van der Waals surface area contributed by atoms with Crippen molar-refractivity contribution in [3.8, 4) is 11.4 Å². The minimum Gasteiger partial charge on any atom is -0.443 e. The molecule has 2 heterocycles. The first-order valence-electron chi connectivity index (χ1n) is 8.03. The van der Waals surface area contributed by atoms with Gasteiger partial charge in [-0.2, -0.15) is 0 Å². The molecule has 0 unspecified atom stereocenters. The van der Waals surface area contributed by atoms with E-state index in [2.05, 4.69) is 20.3 Å². The molecule has 0 spiro atoms. The van der Waals surface area contributed by atoms with E-state index >= 15 is 0 Å². The van der Waals surface area contributed by atoms with Gasteiger partial charge in [-0.1, -0.05) is 30.3 Å². The van der Waals surface area contributed by atoms with Gasteiger partial charge in [-0.05, 0) is 20.8 Å². The van der Waals surface area contributed by atoms with Crippen molar-refractivity contribution >= 4 is 23.0 Å². The fraction of sp³-hybridized carbons (Fsp3) is 0.333. The van der Waals surface area contributed by atoms with Crippen molar-refractivity contribution < 1.29 is 9.53 Å². The van der Waals surface area contributed by atoms with Crippen LogP contribution >= 0.6 is 0 Å². The smallest absolute Gasteiger partial charge is 0.312 e. The lowest BCUT2D eigenvalue weighted by Crippen LogP contribution is -2.24. The molecular weight excluding hydrogens is 318 g/mol.